The van der Waals surface area contributed by atoms with Crippen LogP contribution >= 0.6 is 11.3 Å². The van der Waals surface area contributed by atoms with Crippen LogP contribution < -0.4 is 11.1 Å². The van der Waals surface area contributed by atoms with Gasteiger partial charge in [-0.1, -0.05) is 0 Å². The van der Waals surface area contributed by atoms with Crippen molar-refractivity contribution in [1.29, 1.82) is 0 Å². The van der Waals surface area contributed by atoms with Gasteiger partial charge >= 0.3 is 0 Å². The summed E-state index contributed by atoms with van der Waals surface area (Å²) >= 11 is 1.23. The van der Waals surface area contributed by atoms with E-state index < -0.39 is 9.84 Å². The van der Waals surface area contributed by atoms with Crippen LogP contribution in [0.4, 0.5) is 5.69 Å². The molecule has 112 valence electrons. The van der Waals surface area contributed by atoms with Crippen LogP contribution in [0.5, 0.6) is 0 Å². The lowest BCUT2D eigenvalue weighted by Gasteiger charge is -2.09. The predicted molar refractivity (Wildman–Crippen MR) is 83.3 cm³/mol. The summed E-state index contributed by atoms with van der Waals surface area (Å²) in [6.45, 7) is 1.87. The second-order valence-electron chi connectivity index (χ2n) is 5.22. The highest BCUT2D eigenvalue weighted by molar-refractivity contribution is 7.91. The number of thiophene rings is 1. The molecule has 0 aliphatic carbocycles. The Kier molecular flexibility index (Phi) is 3.37. The highest BCUT2D eigenvalue weighted by atomic mass is 32.2. The van der Waals surface area contributed by atoms with Crippen molar-refractivity contribution in [2.24, 2.45) is 0 Å². The molecular formula is C13H15N3O3S2. The number of amides is 1. The van der Waals surface area contributed by atoms with Crippen LogP contribution in [0.15, 0.2) is 12.1 Å². The number of carbonyl (C=O) groups excluding carboxylic acids is 1. The van der Waals surface area contributed by atoms with Gasteiger partial charge in [0.05, 0.1) is 17.2 Å². The molecule has 3 rings (SSSR count). The summed E-state index contributed by atoms with van der Waals surface area (Å²) in [6.07, 6.45) is 0.455. The fraction of sp³-hybridized carbons (Fsp3) is 0.385. The molecule has 0 aromatic carbocycles. The fourth-order valence-electron chi connectivity index (χ4n) is 2.42. The number of anilines is 1. The van der Waals surface area contributed by atoms with E-state index in [1.165, 1.54) is 11.3 Å². The average Bonchev–Trinajstić information content (AvgIpc) is 2.90. The van der Waals surface area contributed by atoms with E-state index in [-0.39, 0.29) is 23.5 Å². The van der Waals surface area contributed by atoms with E-state index in [2.05, 4.69) is 10.3 Å². The molecule has 3 N–H and O–H groups in total. The summed E-state index contributed by atoms with van der Waals surface area (Å²) in [5.74, 6) is -0.197. The molecule has 8 heteroatoms. The first-order valence-corrected chi connectivity index (χ1v) is 9.16. The van der Waals surface area contributed by atoms with Gasteiger partial charge in [0.25, 0.3) is 5.91 Å². The first-order valence-electron chi connectivity index (χ1n) is 6.52. The average molecular weight is 325 g/mol. The van der Waals surface area contributed by atoms with Gasteiger partial charge in [0.1, 0.15) is 9.71 Å². The van der Waals surface area contributed by atoms with Crippen molar-refractivity contribution in [3.8, 4) is 0 Å². The van der Waals surface area contributed by atoms with Crippen LogP contribution in [0.1, 0.15) is 21.8 Å². The summed E-state index contributed by atoms with van der Waals surface area (Å²) in [6, 6.07) is 3.36. The van der Waals surface area contributed by atoms with Crippen molar-refractivity contribution in [3.63, 3.8) is 0 Å². The predicted octanol–water partition coefficient (Wildman–Crippen LogP) is 1.10. The maximum absolute atomic E-state index is 12.3. The molecule has 0 radical (unpaired) electrons. The third-order valence-corrected chi connectivity index (χ3v) is 6.39. The molecule has 21 heavy (non-hydrogen) atoms. The third-order valence-electron chi connectivity index (χ3n) is 3.51. The number of aryl methyl sites for hydroxylation is 1. The minimum atomic E-state index is -3.02. The standard InChI is InChI=1S/C13H15N3O3S2/c1-7-2-3-9-10(14)11(20-13(9)15-7)12(17)16-8-4-5-21(18,19)6-8/h2-3,8H,4-6,14H2,1H3,(H,16,17). The Balaban J connectivity index is 1.87. The molecule has 2 aromatic heterocycles. The SMILES string of the molecule is Cc1ccc2c(N)c(C(=O)NC3CCS(=O)(=O)C3)sc2n1. The van der Waals surface area contributed by atoms with Crippen molar-refractivity contribution in [2.75, 3.05) is 17.2 Å². The largest absolute Gasteiger partial charge is 0.397 e. The van der Waals surface area contributed by atoms with Crippen molar-refractivity contribution in [3.05, 3.63) is 22.7 Å². The normalized spacial score (nSPS) is 20.7. The Bertz CT molecular complexity index is 827. The number of hydrogen-bond donors (Lipinski definition) is 2. The van der Waals surface area contributed by atoms with E-state index in [0.29, 0.717) is 17.0 Å². The maximum Gasteiger partial charge on any atom is 0.263 e. The summed E-state index contributed by atoms with van der Waals surface area (Å²) in [5, 5.41) is 3.51. The van der Waals surface area contributed by atoms with Crippen molar-refractivity contribution in [1.82, 2.24) is 10.3 Å². The lowest BCUT2D eigenvalue weighted by atomic mass is 10.2. The number of fused-ring (bicyclic) bond motifs is 1. The number of rotatable bonds is 2. The molecule has 6 nitrogen and oxygen atoms in total. The van der Waals surface area contributed by atoms with E-state index in [9.17, 15) is 13.2 Å². The molecule has 0 spiro atoms. The van der Waals surface area contributed by atoms with Gasteiger partial charge in [-0.2, -0.15) is 0 Å². The van der Waals surface area contributed by atoms with Gasteiger partial charge in [0.2, 0.25) is 0 Å². The number of sulfone groups is 1. The molecule has 1 aliphatic heterocycles. The number of carbonyl (C=O) groups is 1. The second kappa shape index (κ2) is 4.96. The van der Waals surface area contributed by atoms with Gasteiger partial charge in [0.15, 0.2) is 9.84 Å². The van der Waals surface area contributed by atoms with Gasteiger partial charge < -0.3 is 11.1 Å². The van der Waals surface area contributed by atoms with Gasteiger partial charge in [-0.15, -0.1) is 11.3 Å². The second-order valence-corrected chi connectivity index (χ2v) is 8.45. The lowest BCUT2D eigenvalue weighted by molar-refractivity contribution is 0.0946. The number of nitrogen functional groups attached to an aromatic ring is 1. The highest BCUT2D eigenvalue weighted by Gasteiger charge is 2.30. The Hall–Kier alpha value is -1.67. The van der Waals surface area contributed by atoms with E-state index >= 15 is 0 Å². The number of hydrogen-bond acceptors (Lipinski definition) is 6. The zero-order chi connectivity index (χ0) is 15.2. The van der Waals surface area contributed by atoms with Crippen molar-refractivity contribution in [2.45, 2.75) is 19.4 Å². The minimum absolute atomic E-state index is 0.000891. The summed E-state index contributed by atoms with van der Waals surface area (Å²) in [5.41, 5.74) is 7.27. The van der Waals surface area contributed by atoms with Gasteiger partial charge in [-0.25, -0.2) is 13.4 Å². The molecule has 1 fully saturated rings. The van der Waals surface area contributed by atoms with Gasteiger partial charge in [-0.05, 0) is 25.5 Å². The monoisotopic (exact) mass is 325 g/mol. The number of nitrogens with two attached hydrogens (primary N) is 1. The fourth-order valence-corrected chi connectivity index (χ4v) is 5.13. The molecule has 2 aromatic rings. The van der Waals surface area contributed by atoms with Crippen LogP contribution in [0, 0.1) is 6.92 Å². The number of aromatic nitrogens is 1. The zero-order valence-electron chi connectivity index (χ0n) is 11.4. The van der Waals surface area contributed by atoms with Crippen LogP contribution in [0.3, 0.4) is 0 Å². The molecule has 0 bridgehead atoms. The van der Waals surface area contributed by atoms with E-state index in [1.807, 2.05) is 19.1 Å². The smallest absolute Gasteiger partial charge is 0.263 e. The van der Waals surface area contributed by atoms with E-state index in [0.717, 1.165) is 15.9 Å². The van der Waals surface area contributed by atoms with E-state index in [1.54, 1.807) is 0 Å². The molecule has 1 atom stereocenters. The molecule has 1 unspecified atom stereocenters. The van der Waals surface area contributed by atoms with Crippen molar-refractivity contribution >= 4 is 43.0 Å². The number of pyridine rings is 1. The first kappa shape index (κ1) is 14.3. The number of nitrogens with zero attached hydrogens (tertiary/aromatic N) is 1. The third kappa shape index (κ3) is 2.73. The molecule has 1 aliphatic rings. The minimum Gasteiger partial charge on any atom is -0.397 e. The summed E-state index contributed by atoms with van der Waals surface area (Å²) < 4.78 is 22.8. The quantitative estimate of drug-likeness (QED) is 0.861. The van der Waals surface area contributed by atoms with E-state index in [4.69, 9.17) is 5.73 Å². The Morgan fingerprint density at radius 2 is 2.24 bits per heavy atom. The van der Waals surface area contributed by atoms with Gasteiger partial charge in [-0.3, -0.25) is 4.79 Å². The molecule has 3 heterocycles. The first-order chi connectivity index (χ1) is 9.85. The van der Waals surface area contributed by atoms with Crippen LogP contribution in [0.2, 0.25) is 0 Å². The Morgan fingerprint density at radius 1 is 1.48 bits per heavy atom. The van der Waals surface area contributed by atoms with Crippen molar-refractivity contribution < 1.29 is 13.2 Å². The zero-order valence-corrected chi connectivity index (χ0v) is 13.1. The lowest BCUT2D eigenvalue weighted by Crippen LogP contribution is -2.35. The Labute approximate surface area is 126 Å². The number of nitrogens with one attached hydrogen (secondary N) is 1. The van der Waals surface area contributed by atoms with Crippen LogP contribution in [-0.4, -0.2) is 36.9 Å². The van der Waals surface area contributed by atoms with Crippen LogP contribution in [0.25, 0.3) is 10.2 Å². The highest BCUT2D eigenvalue weighted by Crippen LogP contribution is 2.32. The Morgan fingerprint density at radius 3 is 2.90 bits per heavy atom. The topological polar surface area (TPSA) is 102 Å². The maximum atomic E-state index is 12.3. The molecule has 1 amide bonds. The molecule has 1 saturated heterocycles. The van der Waals surface area contributed by atoms with Gasteiger partial charge in [0, 0.05) is 17.1 Å². The summed E-state index contributed by atoms with van der Waals surface area (Å²) in [4.78, 5) is 17.8. The molecular weight excluding hydrogens is 310 g/mol. The van der Waals surface area contributed by atoms with Crippen LogP contribution in [-0.2, 0) is 9.84 Å². The summed E-state index contributed by atoms with van der Waals surface area (Å²) in [7, 11) is -3.02. The molecule has 0 saturated carbocycles.